The minimum absolute atomic E-state index is 0.123. The van der Waals surface area contributed by atoms with Gasteiger partial charge >= 0.3 is 6.09 Å². The van der Waals surface area contributed by atoms with Gasteiger partial charge in [-0.25, -0.2) is 4.79 Å². The maximum atomic E-state index is 12.1. The molecule has 1 atom stereocenters. The molecule has 0 aromatic rings. The lowest BCUT2D eigenvalue weighted by Gasteiger charge is -2.39. The standard InChI is InChI=1S/C21H41NO4/c1-7-8-16-24-18(2)11-9-10-17-25-21(6)12-14-22(15-13-21)19(23)26-20(3,4)5/h18H,7-17H2,1-6H3/t18-/m1/s1. The fourth-order valence-corrected chi connectivity index (χ4v) is 3.00. The summed E-state index contributed by atoms with van der Waals surface area (Å²) < 4.78 is 17.4. The van der Waals surface area contributed by atoms with Gasteiger partial charge in [0.1, 0.15) is 5.60 Å². The summed E-state index contributed by atoms with van der Waals surface area (Å²) in [5.74, 6) is 0. The van der Waals surface area contributed by atoms with E-state index in [1.54, 1.807) is 4.90 Å². The Hall–Kier alpha value is -0.810. The fraction of sp³-hybridized carbons (Fsp3) is 0.952. The molecule has 0 N–H and O–H groups in total. The van der Waals surface area contributed by atoms with Gasteiger partial charge in [-0.3, -0.25) is 0 Å². The average Bonchev–Trinajstić information content (AvgIpc) is 2.53. The van der Waals surface area contributed by atoms with E-state index in [4.69, 9.17) is 14.2 Å². The molecular formula is C21H41NO4. The summed E-state index contributed by atoms with van der Waals surface area (Å²) in [5, 5.41) is 0. The van der Waals surface area contributed by atoms with Crippen LogP contribution in [0.25, 0.3) is 0 Å². The predicted molar refractivity (Wildman–Crippen MR) is 106 cm³/mol. The van der Waals surface area contributed by atoms with Crippen LogP contribution in [-0.2, 0) is 14.2 Å². The summed E-state index contributed by atoms with van der Waals surface area (Å²) >= 11 is 0. The maximum absolute atomic E-state index is 12.1. The Kier molecular flexibility index (Phi) is 9.94. The van der Waals surface area contributed by atoms with Gasteiger partial charge in [0.05, 0.1) is 11.7 Å². The molecule has 5 nitrogen and oxygen atoms in total. The molecule has 1 aliphatic rings. The minimum atomic E-state index is -0.439. The van der Waals surface area contributed by atoms with Crippen LogP contribution in [0, 0.1) is 0 Å². The highest BCUT2D eigenvalue weighted by atomic mass is 16.6. The van der Waals surface area contributed by atoms with Crippen LogP contribution in [0.1, 0.15) is 86.5 Å². The zero-order valence-corrected chi connectivity index (χ0v) is 17.9. The highest BCUT2D eigenvalue weighted by Gasteiger charge is 2.34. The molecule has 26 heavy (non-hydrogen) atoms. The van der Waals surface area contributed by atoms with Crippen molar-refractivity contribution in [2.75, 3.05) is 26.3 Å². The fourth-order valence-electron chi connectivity index (χ4n) is 3.00. The number of hydrogen-bond acceptors (Lipinski definition) is 4. The van der Waals surface area contributed by atoms with E-state index in [0.29, 0.717) is 19.2 Å². The Labute approximate surface area is 160 Å². The van der Waals surface area contributed by atoms with Gasteiger partial charge in [0.15, 0.2) is 0 Å². The first-order valence-corrected chi connectivity index (χ1v) is 10.4. The van der Waals surface area contributed by atoms with Crippen molar-refractivity contribution in [3.8, 4) is 0 Å². The van der Waals surface area contributed by atoms with Crippen molar-refractivity contribution in [1.82, 2.24) is 4.90 Å². The Bertz CT molecular complexity index is 397. The summed E-state index contributed by atoms with van der Waals surface area (Å²) in [6.45, 7) is 15.3. The zero-order chi connectivity index (χ0) is 19.6. The molecule has 0 aromatic carbocycles. The van der Waals surface area contributed by atoms with Gasteiger partial charge in [-0.1, -0.05) is 13.3 Å². The number of carbonyl (C=O) groups is 1. The van der Waals surface area contributed by atoms with Crippen molar-refractivity contribution in [3.63, 3.8) is 0 Å². The van der Waals surface area contributed by atoms with E-state index in [1.165, 1.54) is 6.42 Å². The van der Waals surface area contributed by atoms with Crippen LogP contribution in [0.3, 0.4) is 0 Å². The molecule has 0 aromatic heterocycles. The Balaban J connectivity index is 2.16. The lowest BCUT2D eigenvalue weighted by molar-refractivity contribution is -0.0739. The third kappa shape index (κ3) is 9.77. The van der Waals surface area contributed by atoms with Gasteiger partial charge in [0, 0.05) is 26.3 Å². The van der Waals surface area contributed by atoms with E-state index in [0.717, 1.165) is 51.7 Å². The maximum Gasteiger partial charge on any atom is 0.410 e. The SMILES string of the molecule is CCCCO[C@H](C)CCCCOC1(C)CCN(C(=O)OC(C)(C)C)CC1. The van der Waals surface area contributed by atoms with Crippen LogP contribution >= 0.6 is 0 Å². The number of ether oxygens (including phenoxy) is 3. The Morgan fingerprint density at radius 1 is 1.12 bits per heavy atom. The molecule has 0 spiro atoms. The number of hydrogen-bond donors (Lipinski definition) is 0. The molecule has 0 saturated carbocycles. The average molecular weight is 372 g/mol. The lowest BCUT2D eigenvalue weighted by atomic mass is 9.93. The number of carbonyl (C=O) groups excluding carboxylic acids is 1. The first-order valence-electron chi connectivity index (χ1n) is 10.4. The van der Waals surface area contributed by atoms with Crippen LogP contribution < -0.4 is 0 Å². The third-order valence-electron chi connectivity index (χ3n) is 4.83. The van der Waals surface area contributed by atoms with Crippen molar-refractivity contribution in [2.45, 2.75) is 104 Å². The molecule has 0 aliphatic carbocycles. The highest BCUT2D eigenvalue weighted by Crippen LogP contribution is 2.27. The second kappa shape index (κ2) is 11.1. The molecular weight excluding hydrogens is 330 g/mol. The number of likely N-dealkylation sites (tertiary alicyclic amines) is 1. The minimum Gasteiger partial charge on any atom is -0.444 e. The van der Waals surface area contributed by atoms with Gasteiger partial charge in [-0.05, 0) is 73.1 Å². The Morgan fingerprint density at radius 3 is 2.35 bits per heavy atom. The quantitative estimate of drug-likeness (QED) is 0.497. The van der Waals surface area contributed by atoms with Crippen LogP contribution in [-0.4, -0.2) is 54.6 Å². The topological polar surface area (TPSA) is 48.0 Å². The van der Waals surface area contributed by atoms with Gasteiger partial charge < -0.3 is 19.1 Å². The summed E-state index contributed by atoms with van der Waals surface area (Å²) in [6.07, 6.45) is 7.48. The van der Waals surface area contributed by atoms with Gasteiger partial charge in [0.25, 0.3) is 0 Å². The molecule has 1 fully saturated rings. The smallest absolute Gasteiger partial charge is 0.410 e. The van der Waals surface area contributed by atoms with Crippen LogP contribution in [0.5, 0.6) is 0 Å². The van der Waals surface area contributed by atoms with Crippen molar-refractivity contribution in [2.24, 2.45) is 0 Å². The first kappa shape index (κ1) is 23.2. The van der Waals surface area contributed by atoms with Gasteiger partial charge in [0.2, 0.25) is 0 Å². The molecule has 154 valence electrons. The number of piperidine rings is 1. The van der Waals surface area contributed by atoms with Crippen LogP contribution in [0.15, 0.2) is 0 Å². The van der Waals surface area contributed by atoms with Crippen LogP contribution in [0.2, 0.25) is 0 Å². The highest BCUT2D eigenvalue weighted by molar-refractivity contribution is 5.68. The van der Waals surface area contributed by atoms with E-state index >= 15 is 0 Å². The molecule has 5 heteroatoms. The number of nitrogens with zero attached hydrogens (tertiary/aromatic N) is 1. The van der Waals surface area contributed by atoms with Crippen LogP contribution in [0.4, 0.5) is 4.79 Å². The molecule has 1 heterocycles. The number of unbranched alkanes of at least 4 members (excludes halogenated alkanes) is 2. The van der Waals surface area contributed by atoms with E-state index in [9.17, 15) is 4.79 Å². The molecule has 1 amide bonds. The normalized spacial score (nSPS) is 18.6. The van der Waals surface area contributed by atoms with Crippen molar-refractivity contribution in [3.05, 3.63) is 0 Å². The summed E-state index contributed by atoms with van der Waals surface area (Å²) in [5.41, 5.74) is -0.562. The molecule has 0 radical (unpaired) electrons. The number of rotatable bonds is 10. The van der Waals surface area contributed by atoms with E-state index in [1.807, 2.05) is 20.8 Å². The summed E-state index contributed by atoms with van der Waals surface area (Å²) in [7, 11) is 0. The van der Waals surface area contributed by atoms with Gasteiger partial charge in [-0.2, -0.15) is 0 Å². The Morgan fingerprint density at radius 2 is 1.77 bits per heavy atom. The van der Waals surface area contributed by atoms with Crippen molar-refractivity contribution >= 4 is 6.09 Å². The van der Waals surface area contributed by atoms with E-state index < -0.39 is 5.60 Å². The second-order valence-electron chi connectivity index (χ2n) is 8.80. The molecule has 1 rings (SSSR count). The van der Waals surface area contributed by atoms with E-state index in [2.05, 4.69) is 20.8 Å². The summed E-state index contributed by atoms with van der Waals surface area (Å²) in [4.78, 5) is 13.9. The monoisotopic (exact) mass is 371 g/mol. The summed E-state index contributed by atoms with van der Waals surface area (Å²) in [6, 6.07) is 0. The lowest BCUT2D eigenvalue weighted by Crippen LogP contribution is -2.48. The van der Waals surface area contributed by atoms with Crippen molar-refractivity contribution < 1.29 is 19.0 Å². The van der Waals surface area contributed by atoms with Crippen molar-refractivity contribution in [1.29, 1.82) is 0 Å². The molecule has 1 saturated heterocycles. The molecule has 0 unspecified atom stereocenters. The largest absolute Gasteiger partial charge is 0.444 e. The third-order valence-corrected chi connectivity index (χ3v) is 4.83. The zero-order valence-electron chi connectivity index (χ0n) is 17.9. The molecule has 1 aliphatic heterocycles. The van der Waals surface area contributed by atoms with E-state index in [-0.39, 0.29) is 11.7 Å². The first-order chi connectivity index (χ1) is 12.2. The van der Waals surface area contributed by atoms with Gasteiger partial charge in [-0.15, -0.1) is 0 Å². The second-order valence-corrected chi connectivity index (χ2v) is 8.80. The predicted octanol–water partition coefficient (Wildman–Crippen LogP) is 5.17. The number of amides is 1. The molecule has 0 bridgehead atoms.